The third kappa shape index (κ3) is 5.71. The molecule has 0 spiro atoms. The van der Waals surface area contributed by atoms with Crippen molar-refractivity contribution in [2.75, 3.05) is 13.1 Å². The summed E-state index contributed by atoms with van der Waals surface area (Å²) in [5.41, 5.74) is 1.19. The molecule has 0 saturated carbocycles. The smallest absolute Gasteiger partial charge is 0.251 e. The van der Waals surface area contributed by atoms with Gasteiger partial charge in [-0.2, -0.15) is 0 Å². The molecule has 0 saturated heterocycles. The van der Waals surface area contributed by atoms with Gasteiger partial charge in [0, 0.05) is 17.1 Å². The molecule has 0 radical (unpaired) electrons. The average molecular weight is 335 g/mol. The van der Waals surface area contributed by atoms with Gasteiger partial charge in [-0.05, 0) is 42.3 Å². The lowest BCUT2D eigenvalue weighted by Crippen LogP contribution is -2.37. The molecule has 0 aliphatic heterocycles. The molecule has 0 bridgehead atoms. The molecule has 0 heterocycles. The monoisotopic (exact) mass is 334 g/mol. The minimum Gasteiger partial charge on any atom is -0.354 e. The van der Waals surface area contributed by atoms with Gasteiger partial charge < -0.3 is 10.6 Å². The minimum absolute atomic E-state index is 0.130. The molecule has 120 valence electrons. The van der Waals surface area contributed by atoms with Crippen LogP contribution in [0.25, 0.3) is 0 Å². The Hall–Kier alpha value is -2.40. The van der Waals surface area contributed by atoms with E-state index in [2.05, 4.69) is 10.6 Å². The Kier molecular flexibility index (Phi) is 6.11. The van der Waals surface area contributed by atoms with Crippen LogP contribution in [0, 0.1) is 5.82 Å². The SMILES string of the molecule is O=C(CNC(=O)c1cccc(Cl)c1)NCCc1cccc(F)c1. The molecule has 0 aliphatic rings. The number of hydrogen-bond donors (Lipinski definition) is 2. The van der Waals surface area contributed by atoms with Crippen LogP contribution in [0.5, 0.6) is 0 Å². The quantitative estimate of drug-likeness (QED) is 0.853. The zero-order chi connectivity index (χ0) is 16.7. The summed E-state index contributed by atoms with van der Waals surface area (Å²) >= 11 is 5.80. The number of benzene rings is 2. The zero-order valence-electron chi connectivity index (χ0n) is 12.3. The Morgan fingerprint density at radius 1 is 1.04 bits per heavy atom. The number of carbonyl (C=O) groups is 2. The molecule has 2 aromatic rings. The number of nitrogens with one attached hydrogen (secondary N) is 2. The maximum absolute atomic E-state index is 13.0. The normalized spacial score (nSPS) is 10.2. The Morgan fingerprint density at radius 2 is 1.83 bits per heavy atom. The zero-order valence-corrected chi connectivity index (χ0v) is 13.1. The van der Waals surface area contributed by atoms with Crippen LogP contribution in [0.4, 0.5) is 4.39 Å². The first-order valence-electron chi connectivity index (χ1n) is 7.09. The first kappa shape index (κ1) is 17.0. The van der Waals surface area contributed by atoms with Crippen molar-refractivity contribution in [2.45, 2.75) is 6.42 Å². The van der Waals surface area contributed by atoms with Gasteiger partial charge in [-0.1, -0.05) is 29.8 Å². The summed E-state index contributed by atoms with van der Waals surface area (Å²) in [5.74, 6) is -0.979. The van der Waals surface area contributed by atoms with E-state index in [1.807, 2.05) is 0 Å². The lowest BCUT2D eigenvalue weighted by Gasteiger charge is -2.07. The average Bonchev–Trinajstić information content (AvgIpc) is 2.52. The number of amides is 2. The summed E-state index contributed by atoms with van der Waals surface area (Å²) < 4.78 is 13.0. The Labute approximate surface area is 138 Å². The third-order valence-electron chi connectivity index (χ3n) is 3.12. The van der Waals surface area contributed by atoms with E-state index >= 15 is 0 Å². The first-order chi connectivity index (χ1) is 11.0. The number of rotatable bonds is 6. The van der Waals surface area contributed by atoms with Gasteiger partial charge >= 0.3 is 0 Å². The van der Waals surface area contributed by atoms with E-state index in [1.54, 1.807) is 30.3 Å². The van der Waals surface area contributed by atoms with Crippen molar-refractivity contribution in [3.05, 3.63) is 70.5 Å². The van der Waals surface area contributed by atoms with Gasteiger partial charge in [0.25, 0.3) is 5.91 Å². The summed E-state index contributed by atoms with van der Waals surface area (Å²) in [5, 5.41) is 5.64. The Morgan fingerprint density at radius 3 is 2.57 bits per heavy atom. The summed E-state index contributed by atoms with van der Waals surface area (Å²) in [7, 11) is 0. The van der Waals surface area contributed by atoms with E-state index in [1.165, 1.54) is 18.2 Å². The molecule has 2 N–H and O–H groups in total. The van der Waals surface area contributed by atoms with E-state index in [-0.39, 0.29) is 24.2 Å². The van der Waals surface area contributed by atoms with Crippen LogP contribution in [0.2, 0.25) is 5.02 Å². The summed E-state index contributed by atoms with van der Waals surface area (Å²) in [6, 6.07) is 12.7. The third-order valence-corrected chi connectivity index (χ3v) is 3.36. The standard InChI is InChI=1S/C17H16ClFN2O2/c18-14-5-2-4-13(10-14)17(23)21-11-16(22)20-8-7-12-3-1-6-15(19)9-12/h1-6,9-10H,7-8,11H2,(H,20,22)(H,21,23). The highest BCUT2D eigenvalue weighted by molar-refractivity contribution is 6.30. The highest BCUT2D eigenvalue weighted by Crippen LogP contribution is 2.10. The van der Waals surface area contributed by atoms with Gasteiger partial charge in [0.15, 0.2) is 0 Å². The Balaban J connectivity index is 1.72. The van der Waals surface area contributed by atoms with Crippen LogP contribution in [0.1, 0.15) is 15.9 Å². The lowest BCUT2D eigenvalue weighted by atomic mass is 10.1. The molecule has 2 aromatic carbocycles. The predicted molar refractivity (Wildman–Crippen MR) is 86.9 cm³/mol. The van der Waals surface area contributed by atoms with Gasteiger partial charge in [0.1, 0.15) is 5.82 Å². The van der Waals surface area contributed by atoms with Crippen LogP contribution in [0.3, 0.4) is 0 Å². The topological polar surface area (TPSA) is 58.2 Å². The lowest BCUT2D eigenvalue weighted by molar-refractivity contribution is -0.120. The van der Waals surface area contributed by atoms with Crippen molar-refractivity contribution >= 4 is 23.4 Å². The highest BCUT2D eigenvalue weighted by Gasteiger charge is 2.08. The summed E-state index contributed by atoms with van der Waals surface area (Å²) in [6.45, 7) is 0.240. The summed E-state index contributed by atoms with van der Waals surface area (Å²) in [4.78, 5) is 23.5. The van der Waals surface area contributed by atoms with E-state index in [9.17, 15) is 14.0 Å². The molecule has 6 heteroatoms. The predicted octanol–water partition coefficient (Wildman–Crippen LogP) is 2.57. The number of carbonyl (C=O) groups excluding carboxylic acids is 2. The molecular weight excluding hydrogens is 319 g/mol. The van der Waals surface area contributed by atoms with Gasteiger partial charge in [0.2, 0.25) is 5.91 Å². The molecular formula is C17H16ClFN2O2. The fourth-order valence-electron chi connectivity index (χ4n) is 1.99. The van der Waals surface area contributed by atoms with Crippen molar-refractivity contribution < 1.29 is 14.0 Å². The highest BCUT2D eigenvalue weighted by atomic mass is 35.5. The van der Waals surface area contributed by atoms with Crippen molar-refractivity contribution in [2.24, 2.45) is 0 Å². The van der Waals surface area contributed by atoms with E-state index in [4.69, 9.17) is 11.6 Å². The second-order valence-electron chi connectivity index (χ2n) is 4.92. The molecule has 0 unspecified atom stereocenters. The maximum Gasteiger partial charge on any atom is 0.251 e. The van der Waals surface area contributed by atoms with Crippen molar-refractivity contribution in [3.63, 3.8) is 0 Å². The molecule has 2 amide bonds. The van der Waals surface area contributed by atoms with Gasteiger partial charge in [-0.25, -0.2) is 4.39 Å². The molecule has 2 rings (SSSR count). The van der Waals surface area contributed by atoms with Crippen LogP contribution in [-0.4, -0.2) is 24.9 Å². The van der Waals surface area contributed by atoms with Crippen LogP contribution < -0.4 is 10.6 Å². The van der Waals surface area contributed by atoms with Crippen molar-refractivity contribution in [3.8, 4) is 0 Å². The van der Waals surface area contributed by atoms with Gasteiger partial charge in [-0.15, -0.1) is 0 Å². The molecule has 0 atom stereocenters. The van der Waals surface area contributed by atoms with E-state index < -0.39 is 0 Å². The molecule has 0 fully saturated rings. The largest absolute Gasteiger partial charge is 0.354 e. The second-order valence-corrected chi connectivity index (χ2v) is 5.36. The fourth-order valence-corrected chi connectivity index (χ4v) is 2.18. The number of hydrogen-bond acceptors (Lipinski definition) is 2. The van der Waals surface area contributed by atoms with Crippen molar-refractivity contribution in [1.29, 1.82) is 0 Å². The summed E-state index contributed by atoms with van der Waals surface area (Å²) in [6.07, 6.45) is 0.520. The fraction of sp³-hybridized carbons (Fsp3) is 0.176. The van der Waals surface area contributed by atoms with E-state index in [0.29, 0.717) is 23.6 Å². The number of halogens is 2. The van der Waals surface area contributed by atoms with E-state index in [0.717, 1.165) is 5.56 Å². The maximum atomic E-state index is 13.0. The molecule has 0 aliphatic carbocycles. The minimum atomic E-state index is -0.368. The van der Waals surface area contributed by atoms with Crippen LogP contribution in [0.15, 0.2) is 48.5 Å². The van der Waals surface area contributed by atoms with Gasteiger partial charge in [-0.3, -0.25) is 9.59 Å². The van der Waals surface area contributed by atoms with Crippen LogP contribution >= 0.6 is 11.6 Å². The second kappa shape index (κ2) is 8.29. The first-order valence-corrected chi connectivity index (χ1v) is 7.47. The molecule has 0 aromatic heterocycles. The van der Waals surface area contributed by atoms with Crippen molar-refractivity contribution in [1.82, 2.24) is 10.6 Å². The Bertz CT molecular complexity index is 706. The van der Waals surface area contributed by atoms with Gasteiger partial charge in [0.05, 0.1) is 6.54 Å². The van der Waals surface area contributed by atoms with Crippen LogP contribution in [-0.2, 0) is 11.2 Å². The molecule has 23 heavy (non-hydrogen) atoms. The molecule has 4 nitrogen and oxygen atoms in total.